The normalized spacial score (nSPS) is 9.86. The number of ketones is 1. The second-order valence-corrected chi connectivity index (χ2v) is 4.24. The van der Waals surface area contributed by atoms with Gasteiger partial charge in [-0.25, -0.2) is 0 Å². The molecule has 0 atom stereocenters. The second-order valence-electron chi connectivity index (χ2n) is 3.25. The monoisotopic (exact) mass is 217 g/mol. The van der Waals surface area contributed by atoms with Gasteiger partial charge in [-0.05, 0) is 31.8 Å². The summed E-state index contributed by atoms with van der Waals surface area (Å²) in [6.45, 7) is 2.24. The van der Waals surface area contributed by atoms with Crippen LogP contribution < -0.4 is 5.32 Å². The van der Waals surface area contributed by atoms with Gasteiger partial charge in [-0.15, -0.1) is 0 Å². The van der Waals surface area contributed by atoms with Crippen LogP contribution in [0.5, 0.6) is 0 Å². The molecule has 0 unspecified atom stereocenters. The van der Waals surface area contributed by atoms with Gasteiger partial charge in [0.05, 0.1) is 0 Å². The first-order valence-electron chi connectivity index (χ1n) is 4.92. The molecule has 82 valence electrons. The third-order valence-corrected chi connectivity index (χ3v) is 2.50. The molecule has 0 aromatic carbocycles. The first-order valence-corrected chi connectivity index (χ1v) is 6.31. The first kappa shape index (κ1) is 13.5. The maximum Gasteiger partial charge on any atom is 0.220 e. The summed E-state index contributed by atoms with van der Waals surface area (Å²) in [5, 5.41) is 2.80. The highest BCUT2D eigenvalue weighted by molar-refractivity contribution is 7.98. The van der Waals surface area contributed by atoms with Crippen LogP contribution in [0.15, 0.2) is 0 Å². The zero-order chi connectivity index (χ0) is 10.8. The van der Waals surface area contributed by atoms with Crippen molar-refractivity contribution < 1.29 is 9.59 Å². The zero-order valence-electron chi connectivity index (χ0n) is 8.97. The van der Waals surface area contributed by atoms with Gasteiger partial charge in [0.15, 0.2) is 0 Å². The van der Waals surface area contributed by atoms with Crippen LogP contribution in [0.1, 0.15) is 32.6 Å². The lowest BCUT2D eigenvalue weighted by molar-refractivity contribution is -0.124. The summed E-state index contributed by atoms with van der Waals surface area (Å²) in [7, 11) is 0. The van der Waals surface area contributed by atoms with Gasteiger partial charge in [0.25, 0.3) is 0 Å². The molecule has 0 bridgehead atoms. The van der Waals surface area contributed by atoms with E-state index in [0.29, 0.717) is 12.8 Å². The fraction of sp³-hybridized carbons (Fsp3) is 0.800. The number of rotatable bonds is 8. The Balaban J connectivity index is 3.22. The molecule has 3 nitrogen and oxygen atoms in total. The van der Waals surface area contributed by atoms with Crippen LogP contribution in [0.3, 0.4) is 0 Å². The van der Waals surface area contributed by atoms with Crippen molar-refractivity contribution in [2.45, 2.75) is 32.6 Å². The molecule has 0 heterocycles. The van der Waals surface area contributed by atoms with Gasteiger partial charge in [0, 0.05) is 19.4 Å². The topological polar surface area (TPSA) is 46.2 Å². The van der Waals surface area contributed by atoms with Crippen LogP contribution in [0, 0.1) is 0 Å². The van der Waals surface area contributed by atoms with E-state index in [-0.39, 0.29) is 11.7 Å². The Kier molecular flexibility index (Phi) is 8.73. The fourth-order valence-electron chi connectivity index (χ4n) is 0.977. The number of thioether (sulfide) groups is 1. The van der Waals surface area contributed by atoms with Crippen LogP contribution in [0.4, 0.5) is 0 Å². The average molecular weight is 217 g/mol. The molecular formula is C10H19NO2S. The van der Waals surface area contributed by atoms with Crippen LogP contribution >= 0.6 is 11.8 Å². The van der Waals surface area contributed by atoms with E-state index < -0.39 is 0 Å². The summed E-state index contributed by atoms with van der Waals surface area (Å²) in [5.41, 5.74) is 0. The Morgan fingerprint density at radius 3 is 2.50 bits per heavy atom. The average Bonchev–Trinajstić information content (AvgIpc) is 2.14. The molecule has 0 fully saturated rings. The molecule has 0 aliphatic carbocycles. The second kappa shape index (κ2) is 9.06. The maximum atomic E-state index is 11.1. The van der Waals surface area contributed by atoms with E-state index in [0.717, 1.165) is 25.1 Å². The minimum Gasteiger partial charge on any atom is -0.356 e. The molecule has 0 aliphatic rings. The van der Waals surface area contributed by atoms with Crippen molar-refractivity contribution in [1.29, 1.82) is 0 Å². The van der Waals surface area contributed by atoms with Crippen molar-refractivity contribution in [3.8, 4) is 0 Å². The summed E-state index contributed by atoms with van der Waals surface area (Å²) in [4.78, 5) is 21.7. The quantitative estimate of drug-likeness (QED) is 0.628. The number of Topliss-reactive ketones (excluding diaryl/α,β-unsaturated/α-hetero) is 1. The minimum atomic E-state index is -0.00986. The largest absolute Gasteiger partial charge is 0.356 e. The Bertz CT molecular complexity index is 183. The van der Waals surface area contributed by atoms with Gasteiger partial charge in [-0.2, -0.15) is 11.8 Å². The molecule has 0 aliphatic heterocycles. The Morgan fingerprint density at radius 1 is 1.21 bits per heavy atom. The standard InChI is InChI=1S/C10H19NO2S/c1-9(12)5-6-10(13)11-7-3-4-8-14-2/h3-8H2,1-2H3,(H,11,13). The van der Waals surface area contributed by atoms with Crippen molar-refractivity contribution in [3.05, 3.63) is 0 Å². The molecular weight excluding hydrogens is 198 g/mol. The van der Waals surface area contributed by atoms with Crippen LogP contribution in [-0.4, -0.2) is 30.2 Å². The molecule has 1 amide bonds. The van der Waals surface area contributed by atoms with Crippen LogP contribution in [-0.2, 0) is 9.59 Å². The predicted octanol–water partition coefficient (Wildman–Crippen LogP) is 1.61. The van der Waals surface area contributed by atoms with Crippen molar-refractivity contribution in [2.24, 2.45) is 0 Å². The summed E-state index contributed by atoms with van der Waals surface area (Å²) >= 11 is 1.82. The highest BCUT2D eigenvalue weighted by Gasteiger charge is 2.01. The van der Waals surface area contributed by atoms with E-state index in [1.807, 2.05) is 11.8 Å². The van der Waals surface area contributed by atoms with Gasteiger partial charge in [0.2, 0.25) is 5.91 Å². The lowest BCUT2D eigenvalue weighted by atomic mass is 10.2. The summed E-state index contributed by atoms with van der Waals surface area (Å²) in [5.74, 6) is 1.20. The van der Waals surface area contributed by atoms with E-state index >= 15 is 0 Å². The highest BCUT2D eigenvalue weighted by Crippen LogP contribution is 1.98. The minimum absolute atomic E-state index is 0.00986. The summed E-state index contributed by atoms with van der Waals surface area (Å²) in [6.07, 6.45) is 4.92. The Labute approximate surface area is 90.0 Å². The Morgan fingerprint density at radius 2 is 1.93 bits per heavy atom. The van der Waals surface area contributed by atoms with E-state index in [1.54, 1.807) is 0 Å². The van der Waals surface area contributed by atoms with E-state index in [2.05, 4.69) is 11.6 Å². The van der Waals surface area contributed by atoms with Crippen LogP contribution in [0.25, 0.3) is 0 Å². The van der Waals surface area contributed by atoms with Crippen molar-refractivity contribution in [3.63, 3.8) is 0 Å². The number of carbonyl (C=O) groups is 2. The third-order valence-electron chi connectivity index (χ3n) is 1.80. The lowest BCUT2D eigenvalue weighted by Crippen LogP contribution is -2.24. The molecule has 0 saturated heterocycles. The predicted molar refractivity (Wildman–Crippen MR) is 60.5 cm³/mol. The highest BCUT2D eigenvalue weighted by atomic mass is 32.2. The van der Waals surface area contributed by atoms with Gasteiger partial charge in [-0.1, -0.05) is 0 Å². The van der Waals surface area contributed by atoms with Crippen LogP contribution in [0.2, 0.25) is 0 Å². The molecule has 0 radical (unpaired) electrons. The molecule has 0 aromatic rings. The first-order chi connectivity index (χ1) is 6.66. The molecule has 0 rings (SSSR count). The van der Waals surface area contributed by atoms with E-state index in [4.69, 9.17) is 0 Å². The maximum absolute atomic E-state index is 11.1. The molecule has 1 N–H and O–H groups in total. The number of hydrogen-bond acceptors (Lipinski definition) is 3. The summed E-state index contributed by atoms with van der Waals surface area (Å²) in [6, 6.07) is 0. The zero-order valence-corrected chi connectivity index (χ0v) is 9.78. The number of amides is 1. The fourth-order valence-corrected chi connectivity index (χ4v) is 1.47. The molecule has 0 saturated carbocycles. The van der Waals surface area contributed by atoms with Gasteiger partial charge >= 0.3 is 0 Å². The Hall–Kier alpha value is -0.510. The number of carbonyl (C=O) groups excluding carboxylic acids is 2. The van der Waals surface area contributed by atoms with Crippen molar-refractivity contribution in [2.75, 3.05) is 18.6 Å². The van der Waals surface area contributed by atoms with Crippen molar-refractivity contribution in [1.82, 2.24) is 5.32 Å². The van der Waals surface area contributed by atoms with E-state index in [9.17, 15) is 9.59 Å². The molecule has 0 aromatic heterocycles. The summed E-state index contributed by atoms with van der Waals surface area (Å²) < 4.78 is 0. The van der Waals surface area contributed by atoms with Gasteiger partial charge < -0.3 is 10.1 Å². The molecule has 4 heteroatoms. The van der Waals surface area contributed by atoms with E-state index in [1.165, 1.54) is 6.92 Å². The third kappa shape index (κ3) is 9.58. The van der Waals surface area contributed by atoms with Gasteiger partial charge in [0.1, 0.15) is 5.78 Å². The number of hydrogen-bond donors (Lipinski definition) is 1. The number of nitrogens with one attached hydrogen (secondary N) is 1. The number of unbranched alkanes of at least 4 members (excludes halogenated alkanes) is 1. The van der Waals surface area contributed by atoms with Crippen molar-refractivity contribution >= 4 is 23.5 Å². The smallest absolute Gasteiger partial charge is 0.220 e. The van der Waals surface area contributed by atoms with Gasteiger partial charge in [-0.3, -0.25) is 4.79 Å². The molecule has 14 heavy (non-hydrogen) atoms. The molecule has 0 spiro atoms. The lowest BCUT2D eigenvalue weighted by Gasteiger charge is -2.03. The SMILES string of the molecule is CSCCCCNC(=O)CCC(C)=O.